The summed E-state index contributed by atoms with van der Waals surface area (Å²) in [6.45, 7) is 0.246. The molecule has 82 valence electrons. The first-order chi connectivity index (χ1) is 7.75. The Morgan fingerprint density at radius 2 is 2.31 bits per heavy atom. The molecule has 0 aliphatic heterocycles. The number of rotatable bonds is 3. The molecule has 0 saturated carbocycles. The van der Waals surface area contributed by atoms with Gasteiger partial charge in [-0.25, -0.2) is 5.10 Å². The molecule has 7 nitrogen and oxygen atoms in total. The fourth-order valence-corrected chi connectivity index (χ4v) is 1.06. The van der Waals surface area contributed by atoms with Gasteiger partial charge in [0.25, 0.3) is 11.5 Å². The van der Waals surface area contributed by atoms with Crippen LogP contribution in [0, 0.1) is 0 Å². The van der Waals surface area contributed by atoms with Gasteiger partial charge in [0.15, 0.2) is 0 Å². The van der Waals surface area contributed by atoms with Gasteiger partial charge < -0.3 is 9.84 Å². The van der Waals surface area contributed by atoms with Crippen molar-refractivity contribution < 1.29 is 9.32 Å². The van der Waals surface area contributed by atoms with Gasteiger partial charge in [-0.3, -0.25) is 9.59 Å². The second kappa shape index (κ2) is 4.39. The van der Waals surface area contributed by atoms with E-state index >= 15 is 0 Å². The highest BCUT2D eigenvalue weighted by Crippen LogP contribution is 1.94. The molecule has 2 heterocycles. The summed E-state index contributed by atoms with van der Waals surface area (Å²) >= 11 is 0. The standard InChI is InChI=1S/C9H8N4O3/c14-8-2-1-7(11-12-8)9(15)10-5-6-3-4-16-13-6/h1-4H,5H2,(H,10,15)(H,12,14). The van der Waals surface area contributed by atoms with E-state index in [4.69, 9.17) is 0 Å². The van der Waals surface area contributed by atoms with E-state index < -0.39 is 0 Å². The van der Waals surface area contributed by atoms with E-state index in [2.05, 4.69) is 25.2 Å². The van der Waals surface area contributed by atoms with Crippen LogP contribution in [0.15, 0.2) is 33.8 Å². The first-order valence-corrected chi connectivity index (χ1v) is 4.49. The van der Waals surface area contributed by atoms with E-state index in [1.807, 2.05) is 0 Å². The van der Waals surface area contributed by atoms with Crippen molar-refractivity contribution >= 4 is 5.91 Å². The summed E-state index contributed by atoms with van der Waals surface area (Å²) in [7, 11) is 0. The van der Waals surface area contributed by atoms with Crippen LogP contribution in [0.4, 0.5) is 0 Å². The van der Waals surface area contributed by atoms with Crippen LogP contribution in [0.1, 0.15) is 16.2 Å². The van der Waals surface area contributed by atoms with E-state index in [-0.39, 0.29) is 23.7 Å². The third kappa shape index (κ3) is 2.32. The molecule has 0 fully saturated rings. The Labute approximate surface area is 89.5 Å². The summed E-state index contributed by atoms with van der Waals surface area (Å²) in [6.07, 6.45) is 1.42. The average molecular weight is 220 g/mol. The van der Waals surface area contributed by atoms with Gasteiger partial charge in [-0.05, 0) is 6.07 Å². The molecule has 16 heavy (non-hydrogen) atoms. The highest BCUT2D eigenvalue weighted by atomic mass is 16.5. The van der Waals surface area contributed by atoms with Crippen molar-refractivity contribution in [3.05, 3.63) is 46.2 Å². The number of H-pyrrole nitrogens is 1. The Morgan fingerprint density at radius 1 is 1.44 bits per heavy atom. The van der Waals surface area contributed by atoms with Crippen molar-refractivity contribution in [1.82, 2.24) is 20.7 Å². The van der Waals surface area contributed by atoms with Crippen molar-refractivity contribution in [3.8, 4) is 0 Å². The molecule has 0 atom stereocenters. The minimum atomic E-state index is -0.390. The lowest BCUT2D eigenvalue weighted by Gasteiger charge is -2.00. The van der Waals surface area contributed by atoms with E-state index in [0.717, 1.165) is 0 Å². The second-order valence-corrected chi connectivity index (χ2v) is 2.98. The number of carbonyl (C=O) groups is 1. The molecule has 0 aliphatic rings. The zero-order chi connectivity index (χ0) is 11.4. The molecule has 1 amide bonds. The molecule has 0 aliphatic carbocycles. The quantitative estimate of drug-likeness (QED) is 0.738. The molecule has 2 N–H and O–H groups in total. The van der Waals surface area contributed by atoms with Crippen molar-refractivity contribution in [1.29, 1.82) is 0 Å². The Kier molecular flexibility index (Phi) is 2.77. The lowest BCUT2D eigenvalue weighted by molar-refractivity contribution is 0.0944. The first-order valence-electron chi connectivity index (χ1n) is 4.49. The van der Waals surface area contributed by atoms with Crippen molar-refractivity contribution in [2.45, 2.75) is 6.54 Å². The summed E-state index contributed by atoms with van der Waals surface area (Å²) in [4.78, 5) is 22.2. The van der Waals surface area contributed by atoms with Gasteiger partial charge in [0.05, 0.1) is 6.54 Å². The Bertz CT molecular complexity index is 511. The summed E-state index contributed by atoms with van der Waals surface area (Å²) in [5.41, 5.74) is 0.397. The van der Waals surface area contributed by atoms with E-state index in [0.29, 0.717) is 5.69 Å². The van der Waals surface area contributed by atoms with Crippen LogP contribution in [0.3, 0.4) is 0 Å². The smallest absolute Gasteiger partial charge is 0.272 e. The molecular weight excluding hydrogens is 212 g/mol. The third-order valence-corrected chi connectivity index (χ3v) is 1.83. The van der Waals surface area contributed by atoms with Crippen LogP contribution in [-0.4, -0.2) is 21.3 Å². The number of hydrogen-bond donors (Lipinski definition) is 2. The molecular formula is C9H8N4O3. The van der Waals surface area contributed by atoms with Gasteiger partial charge in [-0.1, -0.05) is 5.16 Å². The fraction of sp³-hybridized carbons (Fsp3) is 0.111. The lowest BCUT2D eigenvalue weighted by atomic mass is 10.3. The van der Waals surface area contributed by atoms with Crippen LogP contribution in [0.25, 0.3) is 0 Å². The van der Waals surface area contributed by atoms with Gasteiger partial charge in [0.2, 0.25) is 0 Å². The molecule has 2 aromatic heterocycles. The molecule has 0 radical (unpaired) electrons. The number of aromatic nitrogens is 3. The summed E-state index contributed by atoms with van der Waals surface area (Å²) in [5.74, 6) is -0.390. The van der Waals surface area contributed by atoms with Gasteiger partial charge in [-0.15, -0.1) is 0 Å². The Hall–Kier alpha value is -2.44. The lowest BCUT2D eigenvalue weighted by Crippen LogP contribution is -2.25. The van der Waals surface area contributed by atoms with E-state index in [9.17, 15) is 9.59 Å². The Morgan fingerprint density at radius 3 is 2.94 bits per heavy atom. The highest BCUT2D eigenvalue weighted by molar-refractivity contribution is 5.91. The number of amides is 1. The maximum atomic E-state index is 11.5. The number of carbonyl (C=O) groups excluding carboxylic acids is 1. The zero-order valence-corrected chi connectivity index (χ0v) is 8.14. The minimum absolute atomic E-state index is 0.142. The Balaban J connectivity index is 1.98. The number of nitrogens with zero attached hydrogens (tertiary/aromatic N) is 2. The summed E-state index contributed by atoms with van der Waals surface area (Å²) in [6, 6.07) is 4.22. The van der Waals surface area contributed by atoms with Crippen LogP contribution >= 0.6 is 0 Å². The molecule has 0 saturated heterocycles. The second-order valence-electron chi connectivity index (χ2n) is 2.98. The maximum Gasteiger partial charge on any atom is 0.272 e. The third-order valence-electron chi connectivity index (χ3n) is 1.83. The van der Waals surface area contributed by atoms with Crippen LogP contribution in [0.2, 0.25) is 0 Å². The van der Waals surface area contributed by atoms with Gasteiger partial charge in [0.1, 0.15) is 17.7 Å². The minimum Gasteiger partial charge on any atom is -0.364 e. The molecule has 0 bridgehead atoms. The zero-order valence-electron chi connectivity index (χ0n) is 8.14. The molecule has 0 spiro atoms. The van der Waals surface area contributed by atoms with Crippen LogP contribution < -0.4 is 10.9 Å². The maximum absolute atomic E-state index is 11.5. The molecule has 2 aromatic rings. The fourth-order valence-electron chi connectivity index (χ4n) is 1.06. The van der Waals surface area contributed by atoms with Gasteiger partial charge >= 0.3 is 0 Å². The van der Waals surface area contributed by atoms with Crippen LogP contribution in [0.5, 0.6) is 0 Å². The predicted molar refractivity (Wildman–Crippen MR) is 52.5 cm³/mol. The largest absolute Gasteiger partial charge is 0.364 e. The molecule has 2 rings (SSSR count). The average Bonchev–Trinajstić information content (AvgIpc) is 2.80. The molecule has 0 aromatic carbocycles. The normalized spacial score (nSPS) is 10.0. The summed E-state index contributed by atoms with van der Waals surface area (Å²) < 4.78 is 4.60. The van der Waals surface area contributed by atoms with Crippen LogP contribution in [-0.2, 0) is 6.54 Å². The number of hydrogen-bond acceptors (Lipinski definition) is 5. The predicted octanol–water partition coefficient (Wildman–Crippen LogP) is -0.312. The van der Waals surface area contributed by atoms with E-state index in [1.54, 1.807) is 6.07 Å². The first kappa shape index (κ1) is 10.1. The summed E-state index contributed by atoms with van der Waals surface area (Å²) in [5, 5.41) is 12.0. The molecule has 7 heteroatoms. The monoisotopic (exact) mass is 220 g/mol. The van der Waals surface area contributed by atoms with Crippen molar-refractivity contribution in [2.75, 3.05) is 0 Å². The van der Waals surface area contributed by atoms with E-state index in [1.165, 1.54) is 18.4 Å². The number of nitrogens with one attached hydrogen (secondary N) is 2. The van der Waals surface area contributed by atoms with Gasteiger partial charge in [0, 0.05) is 12.1 Å². The van der Waals surface area contributed by atoms with Crippen molar-refractivity contribution in [3.63, 3.8) is 0 Å². The topological polar surface area (TPSA) is 101 Å². The number of aromatic amines is 1. The van der Waals surface area contributed by atoms with Gasteiger partial charge in [-0.2, -0.15) is 5.10 Å². The highest BCUT2D eigenvalue weighted by Gasteiger charge is 2.07. The molecule has 0 unspecified atom stereocenters. The van der Waals surface area contributed by atoms with Crippen molar-refractivity contribution in [2.24, 2.45) is 0 Å². The SMILES string of the molecule is O=C(NCc1ccon1)c1ccc(=O)[nH]n1.